The van der Waals surface area contributed by atoms with Crippen LogP contribution in [0.15, 0.2) is 40.9 Å². The number of nitrogens with one attached hydrogen (secondary N) is 1. The van der Waals surface area contributed by atoms with Gasteiger partial charge in [0, 0.05) is 24.1 Å². The van der Waals surface area contributed by atoms with Gasteiger partial charge in [0.25, 0.3) is 0 Å². The Morgan fingerprint density at radius 1 is 1.20 bits per heavy atom. The first-order valence-corrected chi connectivity index (χ1v) is 8.70. The predicted molar refractivity (Wildman–Crippen MR) is 98.8 cm³/mol. The highest BCUT2D eigenvalue weighted by atomic mass is 127. The van der Waals surface area contributed by atoms with E-state index in [1.165, 1.54) is 9.13 Å². The molecule has 2 aromatic carbocycles. The number of benzene rings is 2. The molecule has 2 rings (SSSR count). The third kappa shape index (κ3) is 4.10. The van der Waals surface area contributed by atoms with Crippen molar-refractivity contribution in [3.8, 4) is 0 Å². The summed E-state index contributed by atoms with van der Waals surface area (Å²) in [6.07, 6.45) is 0.794. The highest BCUT2D eigenvalue weighted by molar-refractivity contribution is 14.1. The first-order chi connectivity index (χ1) is 9.51. The molecule has 20 heavy (non-hydrogen) atoms. The molecule has 0 aliphatic heterocycles. The Bertz CT molecular complexity index is 619. The normalized spacial score (nSPS) is 12.4. The molecule has 2 aromatic rings. The van der Waals surface area contributed by atoms with E-state index in [0.717, 1.165) is 21.5 Å². The van der Waals surface area contributed by atoms with E-state index in [1.807, 2.05) is 31.3 Å². The summed E-state index contributed by atoms with van der Waals surface area (Å²) >= 11 is 18.2. The Kier molecular flexibility index (Phi) is 6.17. The van der Waals surface area contributed by atoms with Crippen molar-refractivity contribution >= 4 is 61.7 Å². The van der Waals surface area contributed by atoms with Gasteiger partial charge in [-0.1, -0.05) is 39.1 Å². The number of rotatable bonds is 4. The van der Waals surface area contributed by atoms with E-state index in [-0.39, 0.29) is 6.04 Å². The monoisotopic (exact) mass is 483 g/mol. The molecule has 0 aliphatic carbocycles. The SMILES string of the molecule is CNC(Cc1cc(Cl)ccc1Cl)c1cc(Br)ccc1I. The molecule has 0 radical (unpaired) electrons. The van der Waals surface area contributed by atoms with Gasteiger partial charge >= 0.3 is 0 Å². The summed E-state index contributed by atoms with van der Waals surface area (Å²) < 4.78 is 2.30. The third-order valence-electron chi connectivity index (χ3n) is 3.11. The highest BCUT2D eigenvalue weighted by Crippen LogP contribution is 2.29. The van der Waals surface area contributed by atoms with Crippen molar-refractivity contribution in [1.29, 1.82) is 0 Å². The van der Waals surface area contributed by atoms with E-state index >= 15 is 0 Å². The Balaban J connectivity index is 2.33. The molecule has 1 N–H and O–H groups in total. The van der Waals surface area contributed by atoms with Crippen LogP contribution in [0.25, 0.3) is 0 Å². The van der Waals surface area contributed by atoms with E-state index in [4.69, 9.17) is 23.2 Å². The maximum Gasteiger partial charge on any atom is 0.0439 e. The van der Waals surface area contributed by atoms with E-state index < -0.39 is 0 Å². The maximum atomic E-state index is 6.26. The van der Waals surface area contributed by atoms with Gasteiger partial charge in [0.2, 0.25) is 0 Å². The molecule has 0 aromatic heterocycles. The zero-order valence-corrected chi connectivity index (χ0v) is 16.0. The molecule has 0 bridgehead atoms. The molecule has 1 nitrogen and oxygen atoms in total. The molecule has 0 saturated carbocycles. The van der Waals surface area contributed by atoms with Gasteiger partial charge in [-0.25, -0.2) is 0 Å². The first-order valence-electron chi connectivity index (χ1n) is 6.07. The van der Waals surface area contributed by atoms with Crippen LogP contribution in [-0.4, -0.2) is 7.05 Å². The molecule has 5 heteroatoms. The number of likely N-dealkylation sites (N-methyl/N-ethyl adjacent to an activating group) is 1. The van der Waals surface area contributed by atoms with Crippen LogP contribution in [0.3, 0.4) is 0 Å². The molecule has 106 valence electrons. The topological polar surface area (TPSA) is 12.0 Å². The van der Waals surface area contributed by atoms with Gasteiger partial charge in [-0.05, 0) is 83.6 Å². The average Bonchev–Trinajstić information content (AvgIpc) is 2.42. The Hall–Kier alpha value is 0.190. The summed E-state index contributed by atoms with van der Waals surface area (Å²) in [4.78, 5) is 0. The van der Waals surface area contributed by atoms with Crippen molar-refractivity contribution in [2.24, 2.45) is 0 Å². The predicted octanol–water partition coefficient (Wildman–Crippen LogP) is 5.86. The summed E-state index contributed by atoms with van der Waals surface area (Å²) in [7, 11) is 1.96. The van der Waals surface area contributed by atoms with Crippen LogP contribution in [0.1, 0.15) is 17.2 Å². The molecule has 1 atom stereocenters. The summed E-state index contributed by atoms with van der Waals surface area (Å²) in [5.74, 6) is 0. The lowest BCUT2D eigenvalue weighted by atomic mass is 9.99. The Morgan fingerprint density at radius 3 is 2.65 bits per heavy atom. The van der Waals surface area contributed by atoms with Crippen molar-refractivity contribution in [3.05, 3.63) is 65.6 Å². The van der Waals surface area contributed by atoms with E-state index in [9.17, 15) is 0 Å². The van der Waals surface area contributed by atoms with Crippen LogP contribution in [0.4, 0.5) is 0 Å². The summed E-state index contributed by atoms with van der Waals surface area (Å²) in [5, 5.41) is 4.82. The minimum Gasteiger partial charge on any atom is -0.313 e. The second-order valence-corrected chi connectivity index (χ2v) is 7.37. The number of hydrogen-bond donors (Lipinski definition) is 1. The average molecular weight is 485 g/mol. The summed E-state index contributed by atoms with van der Waals surface area (Å²) in [6.45, 7) is 0. The van der Waals surface area contributed by atoms with E-state index in [2.05, 4.69) is 56.0 Å². The van der Waals surface area contributed by atoms with Gasteiger partial charge < -0.3 is 5.32 Å². The van der Waals surface area contributed by atoms with Gasteiger partial charge in [-0.3, -0.25) is 0 Å². The van der Waals surface area contributed by atoms with Crippen LogP contribution < -0.4 is 5.32 Å². The van der Waals surface area contributed by atoms with E-state index in [1.54, 1.807) is 0 Å². The molecule has 0 spiro atoms. The zero-order chi connectivity index (χ0) is 14.7. The fourth-order valence-electron chi connectivity index (χ4n) is 2.07. The minimum atomic E-state index is 0.190. The maximum absolute atomic E-state index is 6.26. The lowest BCUT2D eigenvalue weighted by molar-refractivity contribution is 0.589. The first kappa shape index (κ1) is 16.6. The second kappa shape index (κ2) is 7.45. The molecule has 0 amide bonds. The molecular weight excluding hydrogens is 472 g/mol. The van der Waals surface area contributed by atoms with Crippen molar-refractivity contribution in [2.45, 2.75) is 12.5 Å². The standard InChI is InChI=1S/C15H13BrCl2IN/c1-20-15(12-8-10(16)2-5-14(12)19)7-9-6-11(17)3-4-13(9)18/h2-6,8,15,20H,7H2,1H3. The Labute approximate surface area is 151 Å². The number of hydrogen-bond acceptors (Lipinski definition) is 1. The van der Waals surface area contributed by atoms with Crippen LogP contribution >= 0.6 is 61.7 Å². The second-order valence-electron chi connectivity index (χ2n) is 4.45. The lowest BCUT2D eigenvalue weighted by Crippen LogP contribution is -2.20. The number of halogens is 4. The van der Waals surface area contributed by atoms with Gasteiger partial charge in [0.05, 0.1) is 0 Å². The fourth-order valence-corrected chi connectivity index (χ4v) is 3.55. The quantitative estimate of drug-likeness (QED) is 0.536. The van der Waals surface area contributed by atoms with Crippen LogP contribution in [0, 0.1) is 3.57 Å². The minimum absolute atomic E-state index is 0.190. The molecule has 0 saturated heterocycles. The van der Waals surface area contributed by atoms with Crippen molar-refractivity contribution < 1.29 is 0 Å². The van der Waals surface area contributed by atoms with Crippen molar-refractivity contribution in [2.75, 3.05) is 7.05 Å². The smallest absolute Gasteiger partial charge is 0.0439 e. The third-order valence-corrected chi connectivity index (χ3v) is 5.19. The van der Waals surface area contributed by atoms with Crippen LogP contribution in [-0.2, 0) is 6.42 Å². The van der Waals surface area contributed by atoms with Crippen molar-refractivity contribution in [3.63, 3.8) is 0 Å². The lowest BCUT2D eigenvalue weighted by Gasteiger charge is -2.19. The summed E-state index contributed by atoms with van der Waals surface area (Å²) in [5.41, 5.74) is 2.30. The molecule has 0 heterocycles. The molecular formula is C15H13BrCl2IN. The highest BCUT2D eigenvalue weighted by Gasteiger charge is 2.15. The van der Waals surface area contributed by atoms with Gasteiger partial charge in [-0.2, -0.15) is 0 Å². The van der Waals surface area contributed by atoms with Crippen molar-refractivity contribution in [1.82, 2.24) is 5.32 Å². The zero-order valence-electron chi connectivity index (χ0n) is 10.8. The van der Waals surface area contributed by atoms with Crippen LogP contribution in [0.5, 0.6) is 0 Å². The van der Waals surface area contributed by atoms with E-state index in [0.29, 0.717) is 5.02 Å². The van der Waals surface area contributed by atoms with Crippen LogP contribution in [0.2, 0.25) is 10.0 Å². The fraction of sp³-hybridized carbons (Fsp3) is 0.200. The van der Waals surface area contributed by atoms with Gasteiger partial charge in [0.1, 0.15) is 0 Å². The molecule has 1 unspecified atom stereocenters. The van der Waals surface area contributed by atoms with Gasteiger partial charge in [0.15, 0.2) is 0 Å². The summed E-state index contributed by atoms with van der Waals surface area (Å²) in [6, 6.07) is 12.1. The molecule has 0 aliphatic rings. The molecule has 0 fully saturated rings. The van der Waals surface area contributed by atoms with Gasteiger partial charge in [-0.15, -0.1) is 0 Å². The largest absolute Gasteiger partial charge is 0.313 e. The Morgan fingerprint density at radius 2 is 1.95 bits per heavy atom.